The lowest BCUT2D eigenvalue weighted by Gasteiger charge is -2.12. The Balaban J connectivity index is 1.78. The normalized spacial score (nSPS) is 11.3. The summed E-state index contributed by atoms with van der Waals surface area (Å²) in [6.45, 7) is 4.11. The molecule has 0 aliphatic heterocycles. The first-order valence-corrected chi connectivity index (χ1v) is 7.92. The third-order valence-electron chi connectivity index (χ3n) is 3.34. The van der Waals surface area contributed by atoms with Gasteiger partial charge in [-0.3, -0.25) is 4.79 Å². The Morgan fingerprint density at radius 1 is 1.12 bits per heavy atom. The van der Waals surface area contributed by atoms with Crippen LogP contribution < -0.4 is 10.2 Å². The van der Waals surface area contributed by atoms with E-state index >= 15 is 0 Å². The summed E-state index contributed by atoms with van der Waals surface area (Å²) < 4.78 is 5.58. The van der Waals surface area contributed by atoms with Crippen LogP contribution in [-0.2, 0) is 4.79 Å². The Labute approximate surface area is 142 Å². The molecule has 1 amide bonds. The van der Waals surface area contributed by atoms with Crippen LogP contribution >= 0.6 is 0 Å². The minimum absolute atomic E-state index is 0.0660. The number of rotatable bonds is 7. The fourth-order valence-corrected chi connectivity index (χ4v) is 2.14. The standard InChI is InChI=1S/C20H22N2O2/c1-16(2)18-12-6-7-13-19(18)24-15-20(23)22-21-14-8-11-17-9-4-3-5-10-17/h3-14,16H,15H2,1-2H3,(H,22,23)/b11-8+,21-14?. The zero-order valence-electron chi connectivity index (χ0n) is 14.0. The van der Waals surface area contributed by atoms with Gasteiger partial charge < -0.3 is 4.74 Å². The Hall–Kier alpha value is -2.88. The van der Waals surface area contributed by atoms with E-state index < -0.39 is 0 Å². The molecule has 2 rings (SSSR count). The summed E-state index contributed by atoms with van der Waals surface area (Å²) in [7, 11) is 0. The molecule has 1 N–H and O–H groups in total. The van der Waals surface area contributed by atoms with E-state index in [-0.39, 0.29) is 12.5 Å². The van der Waals surface area contributed by atoms with E-state index in [1.165, 1.54) is 6.21 Å². The van der Waals surface area contributed by atoms with Gasteiger partial charge in [-0.1, -0.05) is 68.5 Å². The summed E-state index contributed by atoms with van der Waals surface area (Å²) in [6, 6.07) is 17.6. The van der Waals surface area contributed by atoms with Crippen molar-refractivity contribution >= 4 is 18.2 Å². The number of carbonyl (C=O) groups excluding carboxylic acids is 1. The highest BCUT2D eigenvalue weighted by molar-refractivity contribution is 5.82. The molecule has 0 radical (unpaired) electrons. The number of hydrazone groups is 1. The molecule has 0 bridgehead atoms. The Bertz CT molecular complexity index is 707. The van der Waals surface area contributed by atoms with E-state index in [0.29, 0.717) is 5.92 Å². The van der Waals surface area contributed by atoms with E-state index in [4.69, 9.17) is 4.74 Å². The second kappa shape index (κ2) is 9.30. The molecule has 0 spiro atoms. The molecule has 2 aromatic rings. The molecular weight excluding hydrogens is 300 g/mol. The van der Waals surface area contributed by atoms with E-state index in [1.54, 1.807) is 6.08 Å². The predicted octanol–water partition coefficient (Wildman–Crippen LogP) is 4.00. The first-order valence-electron chi connectivity index (χ1n) is 7.92. The number of amides is 1. The largest absolute Gasteiger partial charge is 0.483 e. The molecule has 0 heterocycles. The minimum Gasteiger partial charge on any atom is -0.483 e. The zero-order valence-corrected chi connectivity index (χ0v) is 14.0. The van der Waals surface area contributed by atoms with Crippen molar-refractivity contribution in [2.45, 2.75) is 19.8 Å². The van der Waals surface area contributed by atoms with Gasteiger partial charge in [-0.15, -0.1) is 0 Å². The summed E-state index contributed by atoms with van der Waals surface area (Å²) in [4.78, 5) is 11.8. The molecule has 0 aliphatic carbocycles. The van der Waals surface area contributed by atoms with Crippen molar-refractivity contribution < 1.29 is 9.53 Å². The van der Waals surface area contributed by atoms with Crippen LogP contribution in [-0.4, -0.2) is 18.7 Å². The smallest absolute Gasteiger partial charge is 0.277 e. The average molecular weight is 322 g/mol. The molecule has 0 saturated heterocycles. The summed E-state index contributed by atoms with van der Waals surface area (Å²) in [5.41, 5.74) is 4.60. The lowest BCUT2D eigenvalue weighted by Crippen LogP contribution is -2.24. The van der Waals surface area contributed by atoms with Crippen LogP contribution in [0.5, 0.6) is 5.75 Å². The number of benzene rings is 2. The second-order valence-corrected chi connectivity index (χ2v) is 5.56. The topological polar surface area (TPSA) is 50.7 Å². The monoisotopic (exact) mass is 322 g/mol. The summed E-state index contributed by atoms with van der Waals surface area (Å²) in [5.74, 6) is 0.777. The van der Waals surface area contributed by atoms with Crippen LogP contribution in [0.4, 0.5) is 0 Å². The SMILES string of the molecule is CC(C)c1ccccc1OCC(=O)NN=C/C=C/c1ccccc1. The quantitative estimate of drug-likeness (QED) is 0.618. The fraction of sp³-hybridized carbons (Fsp3) is 0.200. The number of allylic oxidation sites excluding steroid dienone is 1. The number of nitrogens with one attached hydrogen (secondary N) is 1. The van der Waals surface area contributed by atoms with Crippen molar-refractivity contribution in [1.82, 2.24) is 5.43 Å². The van der Waals surface area contributed by atoms with Gasteiger partial charge in [-0.05, 0) is 29.2 Å². The zero-order chi connectivity index (χ0) is 17.2. The average Bonchev–Trinajstić information content (AvgIpc) is 2.60. The Morgan fingerprint density at radius 2 is 1.83 bits per heavy atom. The fourth-order valence-electron chi connectivity index (χ4n) is 2.14. The highest BCUT2D eigenvalue weighted by atomic mass is 16.5. The lowest BCUT2D eigenvalue weighted by atomic mass is 10.0. The number of nitrogens with zero attached hydrogens (tertiary/aromatic N) is 1. The van der Waals surface area contributed by atoms with Crippen LogP contribution in [0.3, 0.4) is 0 Å². The molecule has 0 unspecified atom stereocenters. The van der Waals surface area contributed by atoms with E-state index in [9.17, 15) is 4.79 Å². The third kappa shape index (κ3) is 5.72. The molecular formula is C20H22N2O2. The van der Waals surface area contributed by atoms with Crippen molar-refractivity contribution in [1.29, 1.82) is 0 Å². The van der Waals surface area contributed by atoms with Gasteiger partial charge in [0.15, 0.2) is 6.61 Å². The molecule has 4 heteroatoms. The molecule has 0 fully saturated rings. The first-order chi connectivity index (χ1) is 11.7. The second-order valence-electron chi connectivity index (χ2n) is 5.56. The van der Waals surface area contributed by atoms with Crippen molar-refractivity contribution in [2.75, 3.05) is 6.61 Å². The van der Waals surface area contributed by atoms with Crippen LogP contribution in [0.1, 0.15) is 30.9 Å². The molecule has 2 aromatic carbocycles. The van der Waals surface area contributed by atoms with Gasteiger partial charge in [0.25, 0.3) is 5.91 Å². The summed E-state index contributed by atoms with van der Waals surface area (Å²) >= 11 is 0. The Morgan fingerprint density at radius 3 is 2.58 bits per heavy atom. The highest BCUT2D eigenvalue weighted by Crippen LogP contribution is 2.25. The first kappa shape index (κ1) is 17.5. The maximum absolute atomic E-state index is 11.8. The van der Waals surface area contributed by atoms with Gasteiger partial charge in [-0.25, -0.2) is 5.43 Å². The van der Waals surface area contributed by atoms with Crippen LogP contribution in [0.15, 0.2) is 65.8 Å². The van der Waals surface area contributed by atoms with E-state index in [2.05, 4.69) is 24.4 Å². The molecule has 0 saturated carbocycles. The van der Waals surface area contributed by atoms with Gasteiger partial charge in [0, 0.05) is 6.21 Å². The van der Waals surface area contributed by atoms with Crippen molar-refractivity contribution in [2.24, 2.45) is 5.10 Å². The van der Waals surface area contributed by atoms with Crippen molar-refractivity contribution in [3.63, 3.8) is 0 Å². The van der Waals surface area contributed by atoms with E-state index in [1.807, 2.05) is 60.7 Å². The van der Waals surface area contributed by atoms with Crippen LogP contribution in [0.2, 0.25) is 0 Å². The van der Waals surface area contributed by atoms with Crippen molar-refractivity contribution in [3.8, 4) is 5.75 Å². The third-order valence-corrected chi connectivity index (χ3v) is 3.34. The Kier molecular flexibility index (Phi) is 6.77. The molecule has 0 atom stereocenters. The van der Waals surface area contributed by atoms with Gasteiger partial charge in [-0.2, -0.15) is 5.10 Å². The molecule has 0 aliphatic rings. The number of hydrogen-bond acceptors (Lipinski definition) is 3. The number of ether oxygens (including phenoxy) is 1. The minimum atomic E-state index is -0.294. The lowest BCUT2D eigenvalue weighted by molar-refractivity contribution is -0.123. The molecule has 24 heavy (non-hydrogen) atoms. The maximum atomic E-state index is 11.8. The summed E-state index contributed by atoms with van der Waals surface area (Å²) in [6.07, 6.45) is 5.21. The number of para-hydroxylation sites is 1. The number of hydrogen-bond donors (Lipinski definition) is 1. The number of carbonyl (C=O) groups is 1. The van der Waals surface area contributed by atoms with Gasteiger partial charge >= 0.3 is 0 Å². The van der Waals surface area contributed by atoms with E-state index in [0.717, 1.165) is 16.9 Å². The van der Waals surface area contributed by atoms with Gasteiger partial charge in [0.1, 0.15) is 5.75 Å². The van der Waals surface area contributed by atoms with Gasteiger partial charge in [0.2, 0.25) is 0 Å². The molecule has 124 valence electrons. The predicted molar refractivity (Wildman–Crippen MR) is 98.1 cm³/mol. The molecule has 0 aromatic heterocycles. The molecule has 4 nitrogen and oxygen atoms in total. The van der Waals surface area contributed by atoms with Crippen molar-refractivity contribution in [3.05, 3.63) is 71.8 Å². The summed E-state index contributed by atoms with van der Waals surface area (Å²) in [5, 5.41) is 3.86. The van der Waals surface area contributed by atoms with Gasteiger partial charge in [0.05, 0.1) is 0 Å². The maximum Gasteiger partial charge on any atom is 0.277 e. The highest BCUT2D eigenvalue weighted by Gasteiger charge is 2.08. The van der Waals surface area contributed by atoms with Crippen LogP contribution in [0.25, 0.3) is 6.08 Å². The van der Waals surface area contributed by atoms with Crippen LogP contribution in [0, 0.1) is 0 Å².